The van der Waals surface area contributed by atoms with E-state index in [1.807, 2.05) is 24.3 Å². The van der Waals surface area contributed by atoms with Crippen molar-refractivity contribution < 1.29 is 13.9 Å². The molecule has 1 unspecified atom stereocenters. The van der Waals surface area contributed by atoms with Gasteiger partial charge < -0.3 is 13.9 Å². The van der Waals surface area contributed by atoms with Gasteiger partial charge in [-0.1, -0.05) is 23.9 Å². The topological polar surface area (TPSA) is 70.3 Å². The van der Waals surface area contributed by atoms with E-state index >= 15 is 0 Å². The van der Waals surface area contributed by atoms with Gasteiger partial charge in [-0.15, -0.1) is 21.5 Å². The van der Waals surface area contributed by atoms with Gasteiger partial charge >= 0.3 is 0 Å². The Morgan fingerprint density at radius 1 is 1.11 bits per heavy atom. The largest absolute Gasteiger partial charge is 0.485 e. The summed E-state index contributed by atoms with van der Waals surface area (Å²) >= 11 is 4.78. The highest BCUT2D eigenvalue weighted by Crippen LogP contribution is 2.36. The van der Waals surface area contributed by atoms with Crippen LogP contribution in [0, 0.1) is 0 Å². The Morgan fingerprint density at radius 2 is 2.04 bits per heavy atom. The first kappa shape index (κ1) is 16.8. The SMILES string of the molecule is c1ccc2c(c1)OCC(c1nnc(SCc3csc(-c4ccsc4)n3)o1)O2. The molecule has 0 saturated heterocycles. The van der Waals surface area contributed by atoms with Gasteiger partial charge in [0.05, 0.1) is 5.69 Å². The normalized spacial score (nSPS) is 15.8. The molecule has 1 aromatic carbocycles. The zero-order valence-electron chi connectivity index (χ0n) is 13.9. The molecule has 1 atom stereocenters. The van der Waals surface area contributed by atoms with Gasteiger partial charge in [-0.3, -0.25) is 0 Å². The van der Waals surface area contributed by atoms with E-state index in [9.17, 15) is 0 Å². The van der Waals surface area contributed by atoms with E-state index in [2.05, 4.69) is 37.4 Å². The lowest BCUT2D eigenvalue weighted by molar-refractivity contribution is 0.0686. The number of para-hydroxylation sites is 2. The van der Waals surface area contributed by atoms with Crippen LogP contribution in [0.5, 0.6) is 11.5 Å². The minimum absolute atomic E-state index is 0.347. The van der Waals surface area contributed by atoms with Gasteiger partial charge in [0.2, 0.25) is 6.10 Å². The molecule has 0 radical (unpaired) electrons. The van der Waals surface area contributed by atoms with Crippen molar-refractivity contribution >= 4 is 34.4 Å². The molecule has 0 N–H and O–H groups in total. The molecule has 0 bridgehead atoms. The molecule has 27 heavy (non-hydrogen) atoms. The summed E-state index contributed by atoms with van der Waals surface area (Å²) in [6.45, 7) is 0.347. The highest BCUT2D eigenvalue weighted by Gasteiger charge is 2.27. The number of thiophene rings is 1. The lowest BCUT2D eigenvalue weighted by atomic mass is 10.2. The summed E-state index contributed by atoms with van der Waals surface area (Å²) in [6, 6.07) is 9.62. The second kappa shape index (κ2) is 7.34. The van der Waals surface area contributed by atoms with Gasteiger partial charge in [-0.05, 0) is 23.6 Å². The van der Waals surface area contributed by atoms with E-state index in [-0.39, 0.29) is 0 Å². The summed E-state index contributed by atoms with van der Waals surface area (Å²) in [5, 5.41) is 16.0. The minimum atomic E-state index is -0.397. The third-order valence-electron chi connectivity index (χ3n) is 3.87. The van der Waals surface area contributed by atoms with E-state index in [0.717, 1.165) is 22.0 Å². The number of nitrogens with zero attached hydrogens (tertiary/aromatic N) is 3. The zero-order valence-corrected chi connectivity index (χ0v) is 16.4. The monoisotopic (exact) mass is 415 g/mol. The Labute approximate surface area is 167 Å². The van der Waals surface area contributed by atoms with Crippen LogP contribution in [0.15, 0.2) is 56.1 Å². The van der Waals surface area contributed by atoms with E-state index in [0.29, 0.717) is 29.2 Å². The number of hydrogen-bond acceptors (Lipinski definition) is 9. The van der Waals surface area contributed by atoms with Crippen molar-refractivity contribution in [2.75, 3.05) is 6.61 Å². The van der Waals surface area contributed by atoms with Gasteiger partial charge in [0, 0.05) is 22.1 Å². The number of rotatable bonds is 5. The fraction of sp³-hybridized carbons (Fsp3) is 0.167. The van der Waals surface area contributed by atoms with E-state index in [1.165, 1.54) is 11.8 Å². The van der Waals surface area contributed by atoms with Crippen LogP contribution >= 0.6 is 34.4 Å². The lowest BCUT2D eigenvalue weighted by Crippen LogP contribution is -2.21. The summed E-state index contributed by atoms with van der Waals surface area (Å²) in [6.07, 6.45) is -0.397. The predicted octanol–water partition coefficient (Wildman–Crippen LogP) is 5.06. The van der Waals surface area contributed by atoms with Crippen LogP contribution in [0.2, 0.25) is 0 Å². The molecular formula is C18H13N3O3S3. The van der Waals surface area contributed by atoms with Crippen LogP contribution < -0.4 is 9.47 Å². The first-order valence-electron chi connectivity index (χ1n) is 8.17. The van der Waals surface area contributed by atoms with Crippen molar-refractivity contribution in [2.45, 2.75) is 17.1 Å². The molecule has 1 aliphatic heterocycles. The third-order valence-corrected chi connectivity index (χ3v) is 6.34. The van der Waals surface area contributed by atoms with Crippen molar-refractivity contribution in [2.24, 2.45) is 0 Å². The fourth-order valence-corrected chi connectivity index (χ4v) is 4.88. The van der Waals surface area contributed by atoms with E-state index < -0.39 is 6.10 Å². The maximum atomic E-state index is 5.90. The molecule has 4 aromatic rings. The number of fused-ring (bicyclic) bond motifs is 1. The van der Waals surface area contributed by atoms with Crippen molar-refractivity contribution in [3.8, 4) is 22.1 Å². The van der Waals surface area contributed by atoms with Gasteiger partial charge in [0.15, 0.2) is 11.5 Å². The number of thioether (sulfide) groups is 1. The number of benzene rings is 1. The second-order valence-electron chi connectivity index (χ2n) is 5.72. The Kier molecular flexibility index (Phi) is 4.56. The standard InChI is InChI=1S/C18H13N3O3S3/c1-2-4-14-13(3-1)22-7-15(23-14)16-20-21-18(24-16)27-10-12-9-26-17(19-12)11-5-6-25-8-11/h1-6,8-9,15H,7,10H2. The van der Waals surface area contributed by atoms with Crippen LogP contribution in [0.25, 0.3) is 10.6 Å². The van der Waals surface area contributed by atoms with Crippen LogP contribution in [0.3, 0.4) is 0 Å². The molecule has 6 nitrogen and oxygen atoms in total. The van der Waals surface area contributed by atoms with Crippen LogP contribution in [-0.4, -0.2) is 21.8 Å². The maximum Gasteiger partial charge on any atom is 0.277 e. The molecule has 1 aliphatic rings. The number of ether oxygens (including phenoxy) is 2. The molecule has 4 heterocycles. The summed E-state index contributed by atoms with van der Waals surface area (Å²) in [5.41, 5.74) is 2.16. The Balaban J connectivity index is 1.23. The highest BCUT2D eigenvalue weighted by atomic mass is 32.2. The Hall–Kier alpha value is -2.36. The van der Waals surface area contributed by atoms with E-state index in [1.54, 1.807) is 22.7 Å². The molecule has 9 heteroatoms. The average molecular weight is 416 g/mol. The highest BCUT2D eigenvalue weighted by molar-refractivity contribution is 7.98. The molecule has 3 aromatic heterocycles. The number of thiazole rings is 1. The van der Waals surface area contributed by atoms with Crippen molar-refractivity contribution in [1.29, 1.82) is 0 Å². The van der Waals surface area contributed by atoms with Gasteiger partial charge in [0.25, 0.3) is 11.1 Å². The fourth-order valence-electron chi connectivity index (χ4n) is 2.58. The summed E-state index contributed by atoms with van der Waals surface area (Å²) in [4.78, 5) is 4.66. The second-order valence-corrected chi connectivity index (χ2v) is 8.28. The summed E-state index contributed by atoms with van der Waals surface area (Å²) in [7, 11) is 0. The quantitative estimate of drug-likeness (QED) is 0.422. The van der Waals surface area contributed by atoms with Crippen LogP contribution in [0.4, 0.5) is 0 Å². The van der Waals surface area contributed by atoms with E-state index in [4.69, 9.17) is 13.9 Å². The minimum Gasteiger partial charge on any atom is -0.485 e. The molecule has 0 saturated carbocycles. The molecular weight excluding hydrogens is 402 g/mol. The molecule has 5 rings (SSSR count). The van der Waals surface area contributed by atoms with Crippen molar-refractivity contribution in [3.63, 3.8) is 0 Å². The first-order valence-corrected chi connectivity index (χ1v) is 11.0. The van der Waals surface area contributed by atoms with Gasteiger partial charge in [0.1, 0.15) is 11.6 Å². The molecule has 0 spiro atoms. The number of aromatic nitrogens is 3. The predicted molar refractivity (Wildman–Crippen MR) is 105 cm³/mol. The Bertz CT molecular complexity index is 1050. The van der Waals surface area contributed by atoms with Crippen molar-refractivity contribution in [3.05, 3.63) is 58.1 Å². The first-order chi connectivity index (χ1) is 13.3. The van der Waals surface area contributed by atoms with Crippen molar-refractivity contribution in [1.82, 2.24) is 15.2 Å². The molecule has 0 amide bonds. The van der Waals surface area contributed by atoms with Gasteiger partial charge in [-0.2, -0.15) is 11.3 Å². The van der Waals surface area contributed by atoms with Gasteiger partial charge in [-0.25, -0.2) is 4.98 Å². The zero-order chi connectivity index (χ0) is 18.1. The molecule has 0 fully saturated rings. The maximum absolute atomic E-state index is 5.90. The average Bonchev–Trinajstić information content (AvgIpc) is 3.47. The summed E-state index contributed by atoms with van der Waals surface area (Å²) in [5.74, 6) is 2.51. The third kappa shape index (κ3) is 3.58. The van der Waals surface area contributed by atoms with Crippen LogP contribution in [-0.2, 0) is 5.75 Å². The molecule has 0 aliphatic carbocycles. The summed E-state index contributed by atoms with van der Waals surface area (Å²) < 4.78 is 17.4. The number of hydrogen-bond donors (Lipinski definition) is 0. The Morgan fingerprint density at radius 3 is 2.93 bits per heavy atom. The smallest absolute Gasteiger partial charge is 0.277 e. The lowest BCUT2D eigenvalue weighted by Gasteiger charge is -2.23. The molecule has 136 valence electrons. The van der Waals surface area contributed by atoms with Crippen LogP contribution in [0.1, 0.15) is 17.7 Å².